The molecule has 0 aliphatic carbocycles. The maximum atomic E-state index is 9.90. The first-order valence-electron chi connectivity index (χ1n) is 5.44. The van der Waals surface area contributed by atoms with Crippen molar-refractivity contribution in [3.05, 3.63) is 33.7 Å². The van der Waals surface area contributed by atoms with Crippen LogP contribution >= 0.6 is 27.3 Å². The predicted molar refractivity (Wildman–Crippen MR) is 77.0 cm³/mol. The summed E-state index contributed by atoms with van der Waals surface area (Å²) in [5.74, 6) is 0.790. The van der Waals surface area contributed by atoms with Gasteiger partial charge in [-0.05, 0) is 48.0 Å². The zero-order valence-electron chi connectivity index (χ0n) is 10.4. The first-order valence-corrected chi connectivity index (χ1v) is 7.11. The molecule has 1 heterocycles. The molecular formula is C13H14BrNO2S. The second-order valence-corrected chi connectivity index (χ2v) is 6.16. The van der Waals surface area contributed by atoms with Crippen LogP contribution in [-0.4, -0.2) is 17.2 Å². The van der Waals surface area contributed by atoms with Crippen molar-refractivity contribution < 1.29 is 9.84 Å². The highest BCUT2D eigenvalue weighted by atomic mass is 79.9. The summed E-state index contributed by atoms with van der Waals surface area (Å²) >= 11 is 4.97. The molecule has 0 amide bonds. The molecule has 0 aliphatic heterocycles. The molecule has 1 aromatic carbocycles. The monoisotopic (exact) mass is 327 g/mol. The molecule has 5 heteroatoms. The van der Waals surface area contributed by atoms with Crippen molar-refractivity contribution in [1.29, 1.82) is 0 Å². The SMILES string of the molecule is COc1ccc(-c2nc(C(C)(C)O)cs2)cc1Br. The molecule has 0 saturated heterocycles. The van der Waals surface area contributed by atoms with Gasteiger partial charge in [0.25, 0.3) is 0 Å². The summed E-state index contributed by atoms with van der Waals surface area (Å²) in [6.45, 7) is 3.46. The van der Waals surface area contributed by atoms with E-state index in [0.717, 1.165) is 20.8 Å². The first kappa shape index (κ1) is 13.5. The second kappa shape index (κ2) is 4.99. The fourth-order valence-electron chi connectivity index (χ4n) is 1.49. The highest BCUT2D eigenvalue weighted by molar-refractivity contribution is 9.10. The van der Waals surface area contributed by atoms with E-state index >= 15 is 0 Å². The van der Waals surface area contributed by atoms with E-state index in [4.69, 9.17) is 4.74 Å². The van der Waals surface area contributed by atoms with Crippen molar-refractivity contribution in [2.24, 2.45) is 0 Å². The third-order valence-electron chi connectivity index (χ3n) is 2.53. The van der Waals surface area contributed by atoms with E-state index in [1.807, 2.05) is 23.6 Å². The van der Waals surface area contributed by atoms with Gasteiger partial charge in [-0.2, -0.15) is 0 Å². The van der Waals surface area contributed by atoms with E-state index in [9.17, 15) is 5.11 Å². The van der Waals surface area contributed by atoms with Gasteiger partial charge in [-0.25, -0.2) is 4.98 Å². The van der Waals surface area contributed by atoms with Crippen LogP contribution in [0.5, 0.6) is 5.75 Å². The minimum absolute atomic E-state index is 0.689. The maximum Gasteiger partial charge on any atom is 0.133 e. The van der Waals surface area contributed by atoms with Gasteiger partial charge in [0, 0.05) is 10.9 Å². The molecule has 96 valence electrons. The van der Waals surface area contributed by atoms with Crippen LogP contribution in [-0.2, 0) is 5.60 Å². The Morgan fingerprint density at radius 1 is 1.39 bits per heavy atom. The van der Waals surface area contributed by atoms with Crippen LogP contribution in [0.15, 0.2) is 28.1 Å². The molecule has 1 aromatic heterocycles. The lowest BCUT2D eigenvalue weighted by atomic mass is 10.1. The zero-order valence-corrected chi connectivity index (χ0v) is 12.8. The van der Waals surface area contributed by atoms with Crippen molar-refractivity contribution in [3.8, 4) is 16.3 Å². The normalized spacial score (nSPS) is 11.6. The average Bonchev–Trinajstić information content (AvgIpc) is 2.77. The second-order valence-electron chi connectivity index (χ2n) is 4.45. The first-order chi connectivity index (χ1) is 8.41. The van der Waals surface area contributed by atoms with Crippen molar-refractivity contribution in [3.63, 3.8) is 0 Å². The summed E-state index contributed by atoms with van der Waals surface area (Å²) in [5, 5.41) is 12.7. The number of hydrogen-bond acceptors (Lipinski definition) is 4. The van der Waals surface area contributed by atoms with Gasteiger partial charge in [-0.1, -0.05) is 0 Å². The summed E-state index contributed by atoms with van der Waals surface area (Å²) in [7, 11) is 1.63. The lowest BCUT2D eigenvalue weighted by Crippen LogP contribution is -2.15. The molecule has 0 saturated carbocycles. The molecule has 0 aliphatic rings. The van der Waals surface area contributed by atoms with Crippen LogP contribution in [0.3, 0.4) is 0 Å². The van der Waals surface area contributed by atoms with Crippen LogP contribution in [0.2, 0.25) is 0 Å². The Hall–Kier alpha value is -0.910. The van der Waals surface area contributed by atoms with Gasteiger partial charge < -0.3 is 9.84 Å². The lowest BCUT2D eigenvalue weighted by molar-refractivity contribution is 0.0746. The minimum atomic E-state index is -0.904. The Bertz CT molecular complexity index is 560. The molecule has 0 fully saturated rings. The Balaban J connectivity index is 2.38. The van der Waals surface area contributed by atoms with Crippen molar-refractivity contribution in [1.82, 2.24) is 4.98 Å². The van der Waals surface area contributed by atoms with Crippen molar-refractivity contribution in [2.45, 2.75) is 19.4 Å². The molecule has 3 nitrogen and oxygen atoms in total. The molecule has 0 unspecified atom stereocenters. The van der Waals surface area contributed by atoms with E-state index < -0.39 is 5.60 Å². The Labute approximate surface area is 119 Å². The van der Waals surface area contributed by atoms with Gasteiger partial charge in [-0.3, -0.25) is 0 Å². The number of thiazole rings is 1. The maximum absolute atomic E-state index is 9.90. The topological polar surface area (TPSA) is 42.4 Å². The van der Waals surface area contributed by atoms with E-state index in [1.165, 1.54) is 11.3 Å². The number of benzene rings is 1. The van der Waals surface area contributed by atoms with E-state index in [1.54, 1.807) is 21.0 Å². The van der Waals surface area contributed by atoms with Crippen molar-refractivity contribution in [2.75, 3.05) is 7.11 Å². The Kier molecular flexibility index (Phi) is 3.75. The standard InChI is InChI=1S/C13H14BrNO2S/c1-13(2,16)11-7-18-12(15-11)8-4-5-10(17-3)9(14)6-8/h4-7,16H,1-3H3. The van der Waals surface area contributed by atoms with Crippen LogP contribution in [0.1, 0.15) is 19.5 Å². The summed E-state index contributed by atoms with van der Waals surface area (Å²) in [4.78, 5) is 4.46. The molecule has 1 N–H and O–H groups in total. The highest BCUT2D eigenvalue weighted by Crippen LogP contribution is 2.33. The molecule has 0 spiro atoms. The predicted octanol–water partition coefficient (Wildman–Crippen LogP) is 3.81. The number of rotatable bonds is 3. The summed E-state index contributed by atoms with van der Waals surface area (Å²) in [5.41, 5.74) is 0.788. The molecule has 2 rings (SSSR count). The Morgan fingerprint density at radius 3 is 2.61 bits per heavy atom. The number of halogens is 1. The largest absolute Gasteiger partial charge is 0.496 e. The van der Waals surface area contributed by atoms with Gasteiger partial charge >= 0.3 is 0 Å². The van der Waals surface area contributed by atoms with Gasteiger partial charge in [0.2, 0.25) is 0 Å². The average molecular weight is 328 g/mol. The van der Waals surface area contributed by atoms with E-state index in [-0.39, 0.29) is 0 Å². The fraction of sp³-hybridized carbons (Fsp3) is 0.308. The number of ether oxygens (including phenoxy) is 1. The summed E-state index contributed by atoms with van der Waals surface area (Å²) in [6.07, 6.45) is 0. The van der Waals surface area contributed by atoms with Crippen LogP contribution < -0.4 is 4.74 Å². The molecule has 0 bridgehead atoms. The highest BCUT2D eigenvalue weighted by Gasteiger charge is 2.20. The Morgan fingerprint density at radius 2 is 2.11 bits per heavy atom. The van der Waals surface area contributed by atoms with E-state index in [2.05, 4.69) is 20.9 Å². The van der Waals surface area contributed by atoms with Crippen molar-refractivity contribution >= 4 is 27.3 Å². The van der Waals surface area contributed by atoms with Gasteiger partial charge in [0.15, 0.2) is 0 Å². The molecule has 18 heavy (non-hydrogen) atoms. The zero-order chi connectivity index (χ0) is 13.3. The molecule has 0 atom stereocenters. The minimum Gasteiger partial charge on any atom is -0.496 e. The molecular weight excluding hydrogens is 314 g/mol. The van der Waals surface area contributed by atoms with Crippen LogP contribution in [0, 0.1) is 0 Å². The lowest BCUT2D eigenvalue weighted by Gasteiger charge is -2.13. The van der Waals surface area contributed by atoms with E-state index in [0.29, 0.717) is 5.69 Å². The fourth-order valence-corrected chi connectivity index (χ4v) is 3.01. The van der Waals surface area contributed by atoms with Crippen LogP contribution in [0.25, 0.3) is 10.6 Å². The summed E-state index contributed by atoms with van der Waals surface area (Å²) < 4.78 is 6.08. The number of aliphatic hydroxyl groups is 1. The quantitative estimate of drug-likeness (QED) is 0.932. The number of hydrogen-bond donors (Lipinski definition) is 1. The number of aromatic nitrogens is 1. The number of nitrogens with zero attached hydrogens (tertiary/aromatic N) is 1. The third-order valence-corrected chi connectivity index (χ3v) is 4.04. The van der Waals surface area contributed by atoms with Gasteiger partial charge in [-0.15, -0.1) is 11.3 Å². The van der Waals surface area contributed by atoms with Gasteiger partial charge in [0.1, 0.15) is 16.4 Å². The summed E-state index contributed by atoms with van der Waals surface area (Å²) in [6, 6.07) is 5.81. The smallest absolute Gasteiger partial charge is 0.133 e. The molecule has 2 aromatic rings. The third kappa shape index (κ3) is 2.74. The van der Waals surface area contributed by atoms with Crippen LogP contribution in [0.4, 0.5) is 0 Å². The molecule has 0 radical (unpaired) electrons. The van der Waals surface area contributed by atoms with Gasteiger partial charge in [0.05, 0.1) is 17.3 Å². The number of methoxy groups -OCH3 is 1.